The van der Waals surface area contributed by atoms with Crippen LogP contribution < -0.4 is 14.9 Å². The maximum atomic E-state index is 12.1. The van der Waals surface area contributed by atoms with Crippen molar-refractivity contribution in [2.75, 3.05) is 6.61 Å². The van der Waals surface area contributed by atoms with Gasteiger partial charge < -0.3 is 13.9 Å². The number of amides is 1. The molecule has 0 spiro atoms. The van der Waals surface area contributed by atoms with Crippen LogP contribution in [0, 0.1) is 13.8 Å². The van der Waals surface area contributed by atoms with E-state index in [0.717, 1.165) is 15.6 Å². The number of esters is 1. The second-order valence-electron chi connectivity index (χ2n) is 6.80. The van der Waals surface area contributed by atoms with Crippen LogP contribution in [0.25, 0.3) is 6.08 Å². The SMILES string of the molecule is Cc1ccc(OCC(=O)N/N=C/c2cc(Br)ccc2OC(=O)/C=C\c2ccco2)c(C)c1. The Morgan fingerprint density at radius 1 is 1.12 bits per heavy atom. The molecule has 0 fully saturated rings. The molecule has 1 N–H and O–H groups in total. The predicted octanol–water partition coefficient (Wildman–Crippen LogP) is 4.81. The first kappa shape index (κ1) is 23.0. The quantitative estimate of drug-likeness (QED) is 0.159. The lowest BCUT2D eigenvalue weighted by atomic mass is 10.1. The van der Waals surface area contributed by atoms with Gasteiger partial charge in [-0.25, -0.2) is 10.2 Å². The van der Waals surface area contributed by atoms with Crippen LogP contribution in [0.3, 0.4) is 0 Å². The molecule has 7 nitrogen and oxygen atoms in total. The fourth-order valence-corrected chi connectivity index (χ4v) is 3.08. The molecule has 3 aromatic rings. The highest BCUT2D eigenvalue weighted by Crippen LogP contribution is 2.22. The molecule has 0 aliphatic carbocycles. The first-order valence-corrected chi connectivity index (χ1v) is 10.4. The van der Waals surface area contributed by atoms with Gasteiger partial charge in [0.2, 0.25) is 0 Å². The van der Waals surface area contributed by atoms with Crippen LogP contribution in [-0.4, -0.2) is 24.7 Å². The normalized spacial score (nSPS) is 11.1. The van der Waals surface area contributed by atoms with Crippen molar-refractivity contribution in [3.05, 3.63) is 87.8 Å². The zero-order chi connectivity index (χ0) is 22.9. The number of aryl methyl sites for hydroxylation is 2. The zero-order valence-corrected chi connectivity index (χ0v) is 19.1. The molecule has 0 saturated carbocycles. The lowest BCUT2D eigenvalue weighted by Gasteiger charge is -2.09. The number of halogens is 1. The average molecular weight is 497 g/mol. The minimum Gasteiger partial charge on any atom is -0.483 e. The fourth-order valence-electron chi connectivity index (χ4n) is 2.70. The number of hydrogen-bond acceptors (Lipinski definition) is 6. The van der Waals surface area contributed by atoms with Crippen molar-refractivity contribution in [2.45, 2.75) is 13.8 Å². The van der Waals surface area contributed by atoms with Crippen molar-refractivity contribution in [2.24, 2.45) is 5.10 Å². The molecule has 32 heavy (non-hydrogen) atoms. The van der Waals surface area contributed by atoms with Crippen LogP contribution in [0.2, 0.25) is 0 Å². The number of carbonyl (C=O) groups excluding carboxylic acids is 2. The van der Waals surface area contributed by atoms with Gasteiger partial charge in [0, 0.05) is 16.1 Å². The highest BCUT2D eigenvalue weighted by Gasteiger charge is 2.08. The number of furan rings is 1. The number of benzene rings is 2. The Hall–Kier alpha value is -3.65. The van der Waals surface area contributed by atoms with E-state index in [4.69, 9.17) is 13.9 Å². The fraction of sp³-hybridized carbons (Fsp3) is 0.125. The summed E-state index contributed by atoms with van der Waals surface area (Å²) in [6, 6.07) is 14.2. The van der Waals surface area contributed by atoms with Gasteiger partial charge in [-0.2, -0.15) is 5.10 Å². The lowest BCUT2D eigenvalue weighted by Crippen LogP contribution is -2.24. The van der Waals surface area contributed by atoms with E-state index >= 15 is 0 Å². The summed E-state index contributed by atoms with van der Waals surface area (Å²) in [6.45, 7) is 3.72. The summed E-state index contributed by atoms with van der Waals surface area (Å²) >= 11 is 3.37. The third-order valence-corrected chi connectivity index (χ3v) is 4.68. The highest BCUT2D eigenvalue weighted by molar-refractivity contribution is 9.10. The molecular formula is C24H21BrN2O5. The van der Waals surface area contributed by atoms with Gasteiger partial charge in [0.05, 0.1) is 12.5 Å². The van der Waals surface area contributed by atoms with E-state index in [2.05, 4.69) is 26.5 Å². The van der Waals surface area contributed by atoms with Crippen molar-refractivity contribution in [3.8, 4) is 11.5 Å². The van der Waals surface area contributed by atoms with E-state index in [0.29, 0.717) is 17.1 Å². The van der Waals surface area contributed by atoms with Crippen molar-refractivity contribution in [3.63, 3.8) is 0 Å². The first-order chi connectivity index (χ1) is 15.4. The van der Waals surface area contributed by atoms with Crippen molar-refractivity contribution < 1.29 is 23.5 Å². The Kier molecular flexibility index (Phi) is 7.99. The molecule has 3 rings (SSSR count). The molecule has 164 valence electrons. The van der Waals surface area contributed by atoms with Crippen LogP contribution in [0.5, 0.6) is 11.5 Å². The Bertz CT molecular complexity index is 1150. The van der Waals surface area contributed by atoms with E-state index in [1.165, 1.54) is 24.6 Å². The monoisotopic (exact) mass is 496 g/mol. The summed E-state index contributed by atoms with van der Waals surface area (Å²) in [6.07, 6.45) is 5.66. The van der Waals surface area contributed by atoms with Gasteiger partial charge in [-0.15, -0.1) is 0 Å². The van der Waals surface area contributed by atoms with E-state index in [1.54, 1.807) is 30.3 Å². The van der Waals surface area contributed by atoms with Crippen molar-refractivity contribution in [1.82, 2.24) is 5.43 Å². The summed E-state index contributed by atoms with van der Waals surface area (Å²) in [5.41, 5.74) is 4.96. The van der Waals surface area contributed by atoms with Crippen LogP contribution in [0.1, 0.15) is 22.5 Å². The van der Waals surface area contributed by atoms with Crippen LogP contribution >= 0.6 is 15.9 Å². The maximum Gasteiger partial charge on any atom is 0.336 e. The number of nitrogens with zero attached hydrogens (tertiary/aromatic N) is 1. The molecule has 0 aliphatic rings. The Morgan fingerprint density at radius 2 is 1.94 bits per heavy atom. The van der Waals surface area contributed by atoms with Crippen LogP contribution in [-0.2, 0) is 9.59 Å². The molecule has 1 aromatic heterocycles. The smallest absolute Gasteiger partial charge is 0.336 e. The van der Waals surface area contributed by atoms with E-state index < -0.39 is 11.9 Å². The number of nitrogens with one attached hydrogen (secondary N) is 1. The summed E-state index contributed by atoms with van der Waals surface area (Å²) in [5.74, 6) is 0.455. The number of ether oxygens (including phenoxy) is 2. The molecule has 1 amide bonds. The molecular weight excluding hydrogens is 476 g/mol. The van der Waals surface area contributed by atoms with E-state index in [1.807, 2.05) is 32.0 Å². The maximum absolute atomic E-state index is 12.1. The van der Waals surface area contributed by atoms with Gasteiger partial charge in [-0.05, 0) is 61.9 Å². The highest BCUT2D eigenvalue weighted by atomic mass is 79.9. The molecule has 8 heteroatoms. The van der Waals surface area contributed by atoms with Gasteiger partial charge in [0.1, 0.15) is 17.3 Å². The second-order valence-corrected chi connectivity index (χ2v) is 7.72. The topological polar surface area (TPSA) is 90.1 Å². The molecule has 2 aromatic carbocycles. The molecule has 0 saturated heterocycles. The van der Waals surface area contributed by atoms with E-state index in [-0.39, 0.29) is 12.4 Å². The van der Waals surface area contributed by atoms with Gasteiger partial charge >= 0.3 is 5.97 Å². The van der Waals surface area contributed by atoms with E-state index in [9.17, 15) is 9.59 Å². The molecule has 0 radical (unpaired) electrons. The minimum atomic E-state index is -0.579. The Morgan fingerprint density at radius 3 is 2.69 bits per heavy atom. The van der Waals surface area contributed by atoms with Gasteiger partial charge in [0.15, 0.2) is 6.61 Å². The minimum absolute atomic E-state index is 0.181. The lowest BCUT2D eigenvalue weighted by molar-refractivity contribution is -0.129. The molecule has 0 unspecified atom stereocenters. The standard InChI is InChI=1S/C24H21BrN2O5/c1-16-5-8-21(17(2)12-16)31-15-23(28)27-26-14-18-13-19(25)6-9-22(18)32-24(29)10-7-20-4-3-11-30-20/h3-14H,15H2,1-2H3,(H,27,28)/b10-7-,26-14+. The van der Waals surface area contributed by atoms with Gasteiger partial charge in [0.25, 0.3) is 5.91 Å². The average Bonchev–Trinajstić information content (AvgIpc) is 3.27. The number of hydrogen-bond donors (Lipinski definition) is 1. The van der Waals surface area contributed by atoms with Crippen molar-refractivity contribution >= 4 is 40.1 Å². The number of carbonyl (C=O) groups is 2. The summed E-state index contributed by atoms with van der Waals surface area (Å²) in [7, 11) is 0. The zero-order valence-electron chi connectivity index (χ0n) is 17.5. The van der Waals surface area contributed by atoms with Crippen LogP contribution in [0.15, 0.2) is 74.9 Å². The predicted molar refractivity (Wildman–Crippen MR) is 125 cm³/mol. The summed E-state index contributed by atoms with van der Waals surface area (Å²) < 4.78 is 16.8. The van der Waals surface area contributed by atoms with Gasteiger partial charge in [-0.3, -0.25) is 4.79 Å². The summed E-state index contributed by atoms with van der Waals surface area (Å²) in [5, 5.41) is 3.94. The Balaban J connectivity index is 1.57. The largest absolute Gasteiger partial charge is 0.483 e. The molecule has 0 bridgehead atoms. The molecule has 0 atom stereocenters. The van der Waals surface area contributed by atoms with Crippen molar-refractivity contribution in [1.29, 1.82) is 0 Å². The molecule has 0 aliphatic heterocycles. The van der Waals surface area contributed by atoms with Crippen LogP contribution in [0.4, 0.5) is 0 Å². The first-order valence-electron chi connectivity index (χ1n) is 9.65. The van der Waals surface area contributed by atoms with Gasteiger partial charge in [-0.1, -0.05) is 33.6 Å². The number of rotatable bonds is 8. The number of hydrazone groups is 1. The Labute approximate surface area is 193 Å². The molecule has 1 heterocycles. The third kappa shape index (κ3) is 6.95. The third-order valence-electron chi connectivity index (χ3n) is 4.19. The second kappa shape index (κ2) is 11.1. The summed E-state index contributed by atoms with van der Waals surface area (Å²) in [4.78, 5) is 24.2.